The molecule has 1 aliphatic rings. The van der Waals surface area contributed by atoms with Crippen LogP contribution in [-0.4, -0.2) is 26.8 Å². The third-order valence-corrected chi connectivity index (χ3v) is 4.33. The van der Waals surface area contributed by atoms with Gasteiger partial charge in [0.15, 0.2) is 0 Å². The first-order valence-electron chi connectivity index (χ1n) is 8.43. The van der Waals surface area contributed by atoms with E-state index in [0.717, 1.165) is 17.7 Å². The van der Waals surface area contributed by atoms with E-state index in [2.05, 4.69) is 20.7 Å². The van der Waals surface area contributed by atoms with Crippen LogP contribution in [0.1, 0.15) is 23.6 Å². The summed E-state index contributed by atoms with van der Waals surface area (Å²) in [5.74, 6) is -0.0822. The van der Waals surface area contributed by atoms with Crippen LogP contribution in [0.5, 0.6) is 0 Å². The lowest BCUT2D eigenvalue weighted by Gasteiger charge is -2.06. The number of aromatic nitrogens is 3. The highest BCUT2D eigenvalue weighted by Crippen LogP contribution is 2.40. The lowest BCUT2D eigenvalue weighted by molar-refractivity contribution is 0.251. The minimum Gasteiger partial charge on any atom is -0.334 e. The average Bonchev–Trinajstić information content (AvgIpc) is 3.26. The van der Waals surface area contributed by atoms with Crippen molar-refractivity contribution >= 4 is 11.7 Å². The molecule has 0 aliphatic heterocycles. The highest BCUT2D eigenvalue weighted by Gasteiger charge is 2.39. The highest BCUT2D eigenvalue weighted by atomic mass is 19.1. The fourth-order valence-corrected chi connectivity index (χ4v) is 2.97. The molecule has 2 N–H and O–H groups in total. The second-order valence-corrected chi connectivity index (χ2v) is 6.35. The van der Waals surface area contributed by atoms with Gasteiger partial charge in [0.25, 0.3) is 0 Å². The minimum absolute atomic E-state index is 0.0281. The molecule has 2 aromatic heterocycles. The SMILES string of the molecule is O=C(Nc1cnn(Cc2ccccn2)c1)N[C@@H]1C[C@H]1c1cccc(F)c1. The molecule has 2 atom stereocenters. The van der Waals surface area contributed by atoms with Crippen molar-refractivity contribution in [3.05, 3.63) is 78.1 Å². The summed E-state index contributed by atoms with van der Waals surface area (Å²) < 4.78 is 15.0. The molecule has 6 nitrogen and oxygen atoms in total. The second-order valence-electron chi connectivity index (χ2n) is 6.35. The fraction of sp³-hybridized carbons (Fsp3) is 0.211. The summed E-state index contributed by atoms with van der Waals surface area (Å²) in [6.07, 6.45) is 5.90. The topological polar surface area (TPSA) is 71.8 Å². The Morgan fingerprint density at radius 2 is 2.19 bits per heavy atom. The van der Waals surface area contributed by atoms with Crippen molar-refractivity contribution in [1.82, 2.24) is 20.1 Å². The molecule has 3 aromatic rings. The summed E-state index contributed by atoms with van der Waals surface area (Å²) in [6, 6.07) is 12.0. The molecular formula is C19H18FN5O. The van der Waals surface area contributed by atoms with Crippen molar-refractivity contribution in [2.24, 2.45) is 0 Å². The number of carbonyl (C=O) groups is 1. The molecule has 0 spiro atoms. The van der Waals surface area contributed by atoms with Gasteiger partial charge in [-0.1, -0.05) is 18.2 Å². The maximum Gasteiger partial charge on any atom is 0.319 e. The lowest BCUT2D eigenvalue weighted by atomic mass is 10.1. The Hall–Kier alpha value is -3.22. The molecule has 1 aromatic carbocycles. The lowest BCUT2D eigenvalue weighted by Crippen LogP contribution is -2.31. The van der Waals surface area contributed by atoms with Crippen molar-refractivity contribution in [1.29, 1.82) is 0 Å². The highest BCUT2D eigenvalue weighted by molar-refractivity contribution is 5.89. The van der Waals surface area contributed by atoms with E-state index in [1.54, 1.807) is 29.3 Å². The van der Waals surface area contributed by atoms with E-state index < -0.39 is 0 Å². The van der Waals surface area contributed by atoms with Crippen molar-refractivity contribution in [3.8, 4) is 0 Å². The summed E-state index contributed by atoms with van der Waals surface area (Å²) in [5, 5.41) is 9.91. The quantitative estimate of drug-likeness (QED) is 0.742. The van der Waals surface area contributed by atoms with Crippen molar-refractivity contribution in [2.45, 2.75) is 24.9 Å². The van der Waals surface area contributed by atoms with Crippen LogP contribution in [0.15, 0.2) is 61.1 Å². The first-order valence-corrected chi connectivity index (χ1v) is 8.43. The van der Waals surface area contributed by atoms with Crippen molar-refractivity contribution < 1.29 is 9.18 Å². The number of pyridine rings is 1. The molecular weight excluding hydrogens is 333 g/mol. The van der Waals surface area contributed by atoms with Crippen LogP contribution in [0.4, 0.5) is 14.9 Å². The molecule has 26 heavy (non-hydrogen) atoms. The van der Waals surface area contributed by atoms with E-state index in [1.165, 1.54) is 12.1 Å². The second kappa shape index (κ2) is 6.95. The molecule has 7 heteroatoms. The molecule has 2 amide bonds. The molecule has 2 heterocycles. The number of hydrogen-bond donors (Lipinski definition) is 2. The molecule has 1 fully saturated rings. The number of carbonyl (C=O) groups excluding carboxylic acids is 1. The number of nitrogens with one attached hydrogen (secondary N) is 2. The largest absolute Gasteiger partial charge is 0.334 e. The van der Waals surface area contributed by atoms with Gasteiger partial charge < -0.3 is 10.6 Å². The van der Waals surface area contributed by atoms with Crippen LogP contribution in [0.25, 0.3) is 0 Å². The predicted molar refractivity (Wildman–Crippen MR) is 95.3 cm³/mol. The molecule has 4 rings (SSSR count). The summed E-state index contributed by atoms with van der Waals surface area (Å²) >= 11 is 0. The van der Waals surface area contributed by atoms with Gasteiger partial charge in [-0.15, -0.1) is 0 Å². The first-order chi connectivity index (χ1) is 12.7. The van der Waals surface area contributed by atoms with Crippen LogP contribution in [0.2, 0.25) is 0 Å². The normalized spacial score (nSPS) is 18.3. The predicted octanol–water partition coefficient (Wildman–Crippen LogP) is 3.14. The van der Waals surface area contributed by atoms with Gasteiger partial charge in [-0.25, -0.2) is 9.18 Å². The number of amides is 2. The zero-order valence-electron chi connectivity index (χ0n) is 14.0. The van der Waals surface area contributed by atoms with E-state index in [1.807, 2.05) is 24.3 Å². The number of nitrogens with zero attached hydrogens (tertiary/aromatic N) is 3. The molecule has 0 saturated heterocycles. The summed E-state index contributed by atoms with van der Waals surface area (Å²) in [4.78, 5) is 16.4. The van der Waals surface area contributed by atoms with Gasteiger partial charge in [-0.05, 0) is 36.2 Å². The number of rotatable bonds is 5. The van der Waals surface area contributed by atoms with Gasteiger partial charge in [-0.2, -0.15) is 5.10 Å². The summed E-state index contributed by atoms with van der Waals surface area (Å²) in [7, 11) is 0. The fourth-order valence-electron chi connectivity index (χ4n) is 2.97. The first kappa shape index (κ1) is 16.3. The number of hydrogen-bond acceptors (Lipinski definition) is 3. The standard InChI is InChI=1S/C19H18FN5O/c20-14-5-3-4-13(8-14)17-9-18(17)24-19(26)23-16-10-22-25(12-16)11-15-6-1-2-7-21-15/h1-8,10,12,17-18H,9,11H2,(H2,23,24,26)/t17-,18+/m0/s1. The van der Waals surface area contributed by atoms with Crippen LogP contribution < -0.4 is 10.6 Å². The zero-order valence-corrected chi connectivity index (χ0v) is 14.0. The third kappa shape index (κ3) is 3.88. The molecule has 0 bridgehead atoms. The number of halogens is 1. The van der Waals surface area contributed by atoms with Gasteiger partial charge in [0.05, 0.1) is 24.1 Å². The van der Waals surface area contributed by atoms with Crippen LogP contribution in [0.3, 0.4) is 0 Å². The number of benzene rings is 1. The Morgan fingerprint density at radius 3 is 3.00 bits per heavy atom. The van der Waals surface area contributed by atoms with E-state index in [-0.39, 0.29) is 23.8 Å². The summed E-state index contributed by atoms with van der Waals surface area (Å²) in [5.41, 5.74) is 2.42. The third-order valence-electron chi connectivity index (χ3n) is 4.33. The molecule has 1 saturated carbocycles. The molecule has 0 radical (unpaired) electrons. The smallest absolute Gasteiger partial charge is 0.319 e. The molecule has 1 aliphatic carbocycles. The van der Waals surface area contributed by atoms with Gasteiger partial charge >= 0.3 is 6.03 Å². The van der Waals surface area contributed by atoms with Crippen molar-refractivity contribution in [2.75, 3.05) is 5.32 Å². The van der Waals surface area contributed by atoms with Gasteiger partial charge in [0.1, 0.15) is 5.82 Å². The zero-order chi connectivity index (χ0) is 17.9. The van der Waals surface area contributed by atoms with Crippen LogP contribution >= 0.6 is 0 Å². The van der Waals surface area contributed by atoms with E-state index in [4.69, 9.17) is 0 Å². The Balaban J connectivity index is 1.29. The van der Waals surface area contributed by atoms with Gasteiger partial charge in [0.2, 0.25) is 0 Å². The Labute approximate surface area is 150 Å². The van der Waals surface area contributed by atoms with Crippen LogP contribution in [-0.2, 0) is 6.54 Å². The Kier molecular flexibility index (Phi) is 4.35. The molecule has 0 unspecified atom stereocenters. The number of urea groups is 1. The Bertz CT molecular complexity index is 911. The van der Waals surface area contributed by atoms with E-state index in [9.17, 15) is 9.18 Å². The maximum absolute atomic E-state index is 13.3. The monoisotopic (exact) mass is 351 g/mol. The average molecular weight is 351 g/mol. The summed E-state index contributed by atoms with van der Waals surface area (Å²) in [6.45, 7) is 0.536. The van der Waals surface area contributed by atoms with E-state index in [0.29, 0.717) is 12.2 Å². The van der Waals surface area contributed by atoms with Gasteiger partial charge in [-0.3, -0.25) is 9.67 Å². The molecule has 132 valence electrons. The number of anilines is 1. The van der Waals surface area contributed by atoms with Gasteiger partial charge in [0, 0.05) is 24.4 Å². The maximum atomic E-state index is 13.3. The Morgan fingerprint density at radius 1 is 1.27 bits per heavy atom. The van der Waals surface area contributed by atoms with E-state index >= 15 is 0 Å². The van der Waals surface area contributed by atoms with Crippen LogP contribution in [0, 0.1) is 5.82 Å². The van der Waals surface area contributed by atoms with Crippen molar-refractivity contribution in [3.63, 3.8) is 0 Å². The minimum atomic E-state index is -0.286.